The van der Waals surface area contributed by atoms with E-state index in [4.69, 9.17) is 16.3 Å². The number of para-hydroxylation sites is 1. The maximum Gasteiger partial charge on any atom is 0.244 e. The fourth-order valence-corrected chi connectivity index (χ4v) is 3.33. The van der Waals surface area contributed by atoms with E-state index in [0.717, 1.165) is 51.1 Å². The predicted octanol–water partition coefficient (Wildman–Crippen LogP) is 2.60. The van der Waals surface area contributed by atoms with Crippen LogP contribution in [0, 0.1) is 0 Å². The summed E-state index contributed by atoms with van der Waals surface area (Å²) in [5.41, 5.74) is 0.822. The van der Waals surface area contributed by atoms with Crippen molar-refractivity contribution in [1.82, 2.24) is 5.32 Å². The number of piperidine rings is 1. The summed E-state index contributed by atoms with van der Waals surface area (Å²) >= 11 is 6.23. The Bertz CT molecular complexity index is 503. The topological polar surface area (TPSA) is 41.6 Å². The summed E-state index contributed by atoms with van der Waals surface area (Å²) in [7, 11) is 0. The second-order valence-corrected chi connectivity index (χ2v) is 6.10. The normalized spacial score (nSPS) is 24.3. The molecule has 1 aromatic rings. The number of hydrogen-bond donors (Lipinski definition) is 1. The van der Waals surface area contributed by atoms with Crippen molar-refractivity contribution in [2.45, 2.75) is 37.8 Å². The van der Waals surface area contributed by atoms with E-state index in [1.807, 2.05) is 29.2 Å². The molecule has 2 heterocycles. The van der Waals surface area contributed by atoms with Crippen LogP contribution in [-0.4, -0.2) is 37.7 Å². The minimum Gasteiger partial charge on any atom is -0.381 e. The summed E-state index contributed by atoms with van der Waals surface area (Å²) in [6.07, 6.45) is 3.86. The van der Waals surface area contributed by atoms with Gasteiger partial charge in [0.15, 0.2) is 0 Å². The summed E-state index contributed by atoms with van der Waals surface area (Å²) in [6, 6.07) is 7.84. The Labute approximate surface area is 130 Å². The zero-order valence-corrected chi connectivity index (χ0v) is 12.8. The molecule has 2 aliphatic heterocycles. The van der Waals surface area contributed by atoms with Crippen LogP contribution in [0.4, 0.5) is 5.69 Å². The average molecular weight is 309 g/mol. The molecule has 0 unspecified atom stereocenters. The molecule has 4 nitrogen and oxygen atoms in total. The number of ether oxygens (including phenoxy) is 1. The van der Waals surface area contributed by atoms with E-state index in [9.17, 15) is 4.79 Å². The van der Waals surface area contributed by atoms with Crippen LogP contribution < -0.4 is 10.2 Å². The lowest BCUT2D eigenvalue weighted by Crippen LogP contribution is -2.54. The molecule has 1 N–H and O–H groups in total. The molecule has 114 valence electrons. The lowest BCUT2D eigenvalue weighted by molar-refractivity contribution is -0.122. The molecule has 0 bridgehead atoms. The second-order valence-electron chi connectivity index (χ2n) is 5.69. The molecule has 5 heteroatoms. The third-order valence-corrected chi connectivity index (χ3v) is 4.56. The van der Waals surface area contributed by atoms with Crippen molar-refractivity contribution < 1.29 is 9.53 Å². The van der Waals surface area contributed by atoms with Gasteiger partial charge in [-0.15, -0.1) is 0 Å². The highest BCUT2D eigenvalue weighted by molar-refractivity contribution is 6.33. The van der Waals surface area contributed by atoms with Crippen LogP contribution in [0.5, 0.6) is 0 Å². The SMILES string of the molecule is O=C1[C@H](NC2CCOCC2)CCCN1c1ccccc1Cl. The Morgan fingerprint density at radius 1 is 1.19 bits per heavy atom. The molecule has 0 saturated carbocycles. The van der Waals surface area contributed by atoms with Gasteiger partial charge < -0.3 is 15.0 Å². The van der Waals surface area contributed by atoms with E-state index in [0.29, 0.717) is 11.1 Å². The van der Waals surface area contributed by atoms with Gasteiger partial charge >= 0.3 is 0 Å². The van der Waals surface area contributed by atoms with E-state index in [1.165, 1.54) is 0 Å². The highest BCUT2D eigenvalue weighted by Crippen LogP contribution is 2.28. The zero-order chi connectivity index (χ0) is 14.7. The van der Waals surface area contributed by atoms with Crippen molar-refractivity contribution >= 4 is 23.2 Å². The number of nitrogens with zero attached hydrogens (tertiary/aromatic N) is 1. The Balaban J connectivity index is 1.70. The Morgan fingerprint density at radius 3 is 2.71 bits per heavy atom. The molecule has 0 radical (unpaired) electrons. The molecule has 0 aliphatic carbocycles. The van der Waals surface area contributed by atoms with Gasteiger partial charge in [0.25, 0.3) is 0 Å². The van der Waals surface area contributed by atoms with Crippen LogP contribution in [0.1, 0.15) is 25.7 Å². The number of hydrogen-bond acceptors (Lipinski definition) is 3. The zero-order valence-electron chi connectivity index (χ0n) is 12.1. The van der Waals surface area contributed by atoms with E-state index < -0.39 is 0 Å². The van der Waals surface area contributed by atoms with E-state index in [2.05, 4.69) is 5.32 Å². The number of nitrogens with one attached hydrogen (secondary N) is 1. The molecule has 2 fully saturated rings. The number of carbonyl (C=O) groups excluding carboxylic acids is 1. The molecule has 0 spiro atoms. The van der Waals surface area contributed by atoms with Crippen LogP contribution in [-0.2, 0) is 9.53 Å². The van der Waals surface area contributed by atoms with E-state index >= 15 is 0 Å². The standard InChI is InChI=1S/C16H21ClN2O2/c17-13-4-1-2-6-15(13)19-9-3-5-14(16(19)20)18-12-7-10-21-11-8-12/h1-2,4,6,12,14,18H,3,5,7-11H2/t14-/m1/s1. The lowest BCUT2D eigenvalue weighted by atomic mass is 10.0. The van der Waals surface area contributed by atoms with Crippen LogP contribution in [0.25, 0.3) is 0 Å². The highest BCUT2D eigenvalue weighted by Gasteiger charge is 2.32. The van der Waals surface area contributed by atoms with Gasteiger partial charge in [-0.3, -0.25) is 4.79 Å². The smallest absolute Gasteiger partial charge is 0.244 e. The molecule has 3 rings (SSSR count). The van der Waals surface area contributed by atoms with Crippen molar-refractivity contribution in [3.8, 4) is 0 Å². The molecular weight excluding hydrogens is 288 g/mol. The molecule has 21 heavy (non-hydrogen) atoms. The highest BCUT2D eigenvalue weighted by atomic mass is 35.5. The van der Waals surface area contributed by atoms with Gasteiger partial charge in [0, 0.05) is 25.8 Å². The largest absolute Gasteiger partial charge is 0.381 e. The Hall–Kier alpha value is -1.10. The third kappa shape index (κ3) is 3.39. The molecule has 2 aliphatic rings. The van der Waals surface area contributed by atoms with Crippen molar-refractivity contribution in [2.75, 3.05) is 24.7 Å². The molecule has 1 amide bonds. The van der Waals surface area contributed by atoms with Crippen LogP contribution in [0.3, 0.4) is 0 Å². The quantitative estimate of drug-likeness (QED) is 0.933. The Kier molecular flexibility index (Phi) is 4.78. The summed E-state index contributed by atoms with van der Waals surface area (Å²) in [5, 5.41) is 4.15. The molecule has 0 aromatic heterocycles. The molecular formula is C16H21ClN2O2. The lowest BCUT2D eigenvalue weighted by Gasteiger charge is -2.36. The van der Waals surface area contributed by atoms with Crippen molar-refractivity contribution in [1.29, 1.82) is 0 Å². The summed E-state index contributed by atoms with van der Waals surface area (Å²) in [6.45, 7) is 2.31. The first kappa shape index (κ1) is 14.8. The summed E-state index contributed by atoms with van der Waals surface area (Å²) in [4.78, 5) is 14.5. The molecule has 1 atom stereocenters. The van der Waals surface area contributed by atoms with Gasteiger partial charge in [-0.25, -0.2) is 0 Å². The van der Waals surface area contributed by atoms with Gasteiger partial charge in [-0.05, 0) is 37.8 Å². The third-order valence-electron chi connectivity index (χ3n) is 4.24. The van der Waals surface area contributed by atoms with E-state index in [1.54, 1.807) is 0 Å². The monoisotopic (exact) mass is 308 g/mol. The summed E-state index contributed by atoms with van der Waals surface area (Å²) < 4.78 is 5.37. The predicted molar refractivity (Wildman–Crippen MR) is 83.8 cm³/mol. The van der Waals surface area contributed by atoms with Crippen LogP contribution in [0.2, 0.25) is 5.02 Å². The van der Waals surface area contributed by atoms with Crippen molar-refractivity contribution in [2.24, 2.45) is 0 Å². The van der Waals surface area contributed by atoms with Crippen molar-refractivity contribution in [3.63, 3.8) is 0 Å². The number of rotatable bonds is 3. The van der Waals surface area contributed by atoms with Crippen LogP contribution in [0.15, 0.2) is 24.3 Å². The first-order valence-electron chi connectivity index (χ1n) is 7.65. The number of benzene rings is 1. The number of halogens is 1. The number of anilines is 1. The maximum atomic E-state index is 12.7. The minimum atomic E-state index is -0.0990. The fraction of sp³-hybridized carbons (Fsp3) is 0.562. The van der Waals surface area contributed by atoms with Gasteiger partial charge in [0.2, 0.25) is 5.91 Å². The average Bonchev–Trinajstić information content (AvgIpc) is 2.51. The fourth-order valence-electron chi connectivity index (χ4n) is 3.09. The van der Waals surface area contributed by atoms with Gasteiger partial charge in [-0.1, -0.05) is 23.7 Å². The maximum absolute atomic E-state index is 12.7. The first-order chi connectivity index (χ1) is 10.3. The Morgan fingerprint density at radius 2 is 1.95 bits per heavy atom. The van der Waals surface area contributed by atoms with Gasteiger partial charge in [0.1, 0.15) is 0 Å². The number of carbonyl (C=O) groups is 1. The second kappa shape index (κ2) is 6.77. The van der Waals surface area contributed by atoms with Crippen LogP contribution >= 0.6 is 11.6 Å². The summed E-state index contributed by atoms with van der Waals surface area (Å²) in [5.74, 6) is 0.140. The van der Waals surface area contributed by atoms with Gasteiger partial charge in [-0.2, -0.15) is 0 Å². The number of amides is 1. The molecule has 1 aromatic carbocycles. The van der Waals surface area contributed by atoms with Crippen molar-refractivity contribution in [3.05, 3.63) is 29.3 Å². The first-order valence-corrected chi connectivity index (χ1v) is 8.03. The van der Waals surface area contributed by atoms with Gasteiger partial charge in [0.05, 0.1) is 16.8 Å². The molecule has 2 saturated heterocycles. The van der Waals surface area contributed by atoms with E-state index in [-0.39, 0.29) is 11.9 Å². The minimum absolute atomic E-state index is 0.0990.